The largest absolute Gasteiger partial charge is 0.482 e. The number of benzene rings is 1. The Hall–Kier alpha value is -2.08. The molecule has 1 aromatic rings. The molecule has 0 radical (unpaired) electrons. The van der Waals surface area contributed by atoms with Gasteiger partial charge in [-0.15, -0.1) is 0 Å². The standard InChI is InChI=1S/C15H19N3O3/c1-9-4-5-16-12(6-9)15(20)17-10-2-3-13-11(7-10)18-14(19)8-21-13/h2-3,7,9,12,16H,4-6,8H2,1H3,(H,17,20)(H,18,19). The van der Waals surface area contributed by atoms with E-state index in [-0.39, 0.29) is 24.5 Å². The fourth-order valence-electron chi connectivity index (χ4n) is 2.70. The van der Waals surface area contributed by atoms with E-state index in [2.05, 4.69) is 22.9 Å². The van der Waals surface area contributed by atoms with Gasteiger partial charge in [-0.3, -0.25) is 9.59 Å². The molecule has 6 nitrogen and oxygen atoms in total. The van der Waals surface area contributed by atoms with Crippen LogP contribution >= 0.6 is 0 Å². The molecule has 112 valence electrons. The Morgan fingerprint density at radius 3 is 3.10 bits per heavy atom. The number of ether oxygens (including phenoxy) is 1. The summed E-state index contributed by atoms with van der Waals surface area (Å²) in [5, 5.41) is 8.85. The maximum absolute atomic E-state index is 12.3. The molecule has 3 rings (SSSR count). The van der Waals surface area contributed by atoms with Gasteiger partial charge in [-0.05, 0) is 43.5 Å². The van der Waals surface area contributed by atoms with Crippen molar-refractivity contribution in [2.24, 2.45) is 5.92 Å². The highest BCUT2D eigenvalue weighted by atomic mass is 16.5. The van der Waals surface area contributed by atoms with Gasteiger partial charge >= 0.3 is 0 Å². The normalized spacial score (nSPS) is 24.5. The van der Waals surface area contributed by atoms with Crippen LogP contribution in [0.2, 0.25) is 0 Å². The molecule has 2 unspecified atom stereocenters. The quantitative estimate of drug-likeness (QED) is 0.767. The van der Waals surface area contributed by atoms with E-state index in [9.17, 15) is 9.59 Å². The Labute approximate surface area is 123 Å². The van der Waals surface area contributed by atoms with Crippen LogP contribution in [0.5, 0.6) is 5.75 Å². The molecule has 6 heteroatoms. The van der Waals surface area contributed by atoms with Crippen LogP contribution < -0.4 is 20.7 Å². The van der Waals surface area contributed by atoms with Gasteiger partial charge in [-0.2, -0.15) is 0 Å². The zero-order chi connectivity index (χ0) is 14.8. The SMILES string of the molecule is CC1CCNC(C(=O)Nc2ccc3c(c2)NC(=O)CO3)C1. The van der Waals surface area contributed by atoms with Gasteiger partial charge in [0.15, 0.2) is 6.61 Å². The molecule has 2 heterocycles. The number of rotatable bonds is 2. The van der Waals surface area contributed by atoms with Crippen molar-refractivity contribution in [2.75, 3.05) is 23.8 Å². The maximum Gasteiger partial charge on any atom is 0.262 e. The molecule has 0 aromatic heterocycles. The van der Waals surface area contributed by atoms with Crippen LogP contribution in [-0.2, 0) is 9.59 Å². The van der Waals surface area contributed by atoms with Gasteiger partial charge in [0.2, 0.25) is 5.91 Å². The second kappa shape index (κ2) is 5.73. The predicted molar refractivity (Wildman–Crippen MR) is 79.4 cm³/mol. The van der Waals surface area contributed by atoms with Crippen LogP contribution in [0.15, 0.2) is 18.2 Å². The smallest absolute Gasteiger partial charge is 0.262 e. The minimum atomic E-state index is -0.186. The number of piperidine rings is 1. The summed E-state index contributed by atoms with van der Waals surface area (Å²) in [6.07, 6.45) is 1.95. The predicted octanol–water partition coefficient (Wildman–Crippen LogP) is 1.34. The van der Waals surface area contributed by atoms with E-state index in [1.54, 1.807) is 18.2 Å². The first-order chi connectivity index (χ1) is 10.1. The minimum absolute atomic E-state index is 0.0303. The number of hydrogen-bond donors (Lipinski definition) is 3. The molecule has 2 atom stereocenters. The third kappa shape index (κ3) is 3.16. The molecule has 3 N–H and O–H groups in total. The fourth-order valence-corrected chi connectivity index (χ4v) is 2.70. The summed E-state index contributed by atoms with van der Waals surface area (Å²) in [5.41, 5.74) is 1.25. The van der Waals surface area contributed by atoms with Crippen LogP contribution in [0.4, 0.5) is 11.4 Å². The van der Waals surface area contributed by atoms with Crippen molar-refractivity contribution in [3.8, 4) is 5.75 Å². The summed E-state index contributed by atoms with van der Waals surface area (Å²) in [5.74, 6) is 0.952. The Morgan fingerprint density at radius 1 is 1.43 bits per heavy atom. The van der Waals surface area contributed by atoms with E-state index in [1.807, 2.05) is 0 Å². The van der Waals surface area contributed by atoms with Gasteiger partial charge in [0.05, 0.1) is 11.7 Å². The molecule has 0 spiro atoms. The number of fused-ring (bicyclic) bond motifs is 1. The number of carbonyl (C=O) groups is 2. The number of nitrogens with one attached hydrogen (secondary N) is 3. The van der Waals surface area contributed by atoms with Crippen LogP contribution in [0.1, 0.15) is 19.8 Å². The average molecular weight is 289 g/mol. The van der Waals surface area contributed by atoms with E-state index in [1.165, 1.54) is 0 Å². The molecule has 1 fully saturated rings. The third-order valence-corrected chi connectivity index (χ3v) is 3.86. The van der Waals surface area contributed by atoms with Gasteiger partial charge in [0.25, 0.3) is 5.91 Å². The van der Waals surface area contributed by atoms with E-state index in [4.69, 9.17) is 4.74 Å². The first-order valence-electron chi connectivity index (χ1n) is 7.23. The summed E-state index contributed by atoms with van der Waals surface area (Å²) >= 11 is 0. The summed E-state index contributed by atoms with van der Waals surface area (Å²) in [7, 11) is 0. The highest BCUT2D eigenvalue weighted by Crippen LogP contribution is 2.30. The lowest BCUT2D eigenvalue weighted by molar-refractivity contribution is -0.119. The van der Waals surface area contributed by atoms with Crippen molar-refractivity contribution >= 4 is 23.2 Å². The molecule has 0 aliphatic carbocycles. The lowest BCUT2D eigenvalue weighted by atomic mass is 9.94. The molecule has 0 bridgehead atoms. The molecule has 0 saturated carbocycles. The molecule has 2 aliphatic rings. The molecule has 21 heavy (non-hydrogen) atoms. The van der Waals surface area contributed by atoms with Gasteiger partial charge in [0, 0.05) is 5.69 Å². The lowest BCUT2D eigenvalue weighted by Gasteiger charge is -2.27. The van der Waals surface area contributed by atoms with E-state index < -0.39 is 0 Å². The minimum Gasteiger partial charge on any atom is -0.482 e. The Morgan fingerprint density at radius 2 is 2.29 bits per heavy atom. The van der Waals surface area contributed by atoms with Crippen LogP contribution in [0, 0.1) is 5.92 Å². The van der Waals surface area contributed by atoms with Crippen molar-refractivity contribution in [3.63, 3.8) is 0 Å². The molecule has 2 aliphatic heterocycles. The molecular formula is C15H19N3O3. The fraction of sp³-hybridized carbons (Fsp3) is 0.467. The van der Waals surface area contributed by atoms with E-state index in [0.29, 0.717) is 23.0 Å². The van der Waals surface area contributed by atoms with Crippen molar-refractivity contribution in [1.82, 2.24) is 5.32 Å². The second-order valence-corrected chi connectivity index (χ2v) is 5.67. The first-order valence-corrected chi connectivity index (χ1v) is 7.23. The average Bonchev–Trinajstić information content (AvgIpc) is 2.46. The van der Waals surface area contributed by atoms with Gasteiger partial charge < -0.3 is 20.7 Å². The van der Waals surface area contributed by atoms with E-state index in [0.717, 1.165) is 19.4 Å². The van der Waals surface area contributed by atoms with Gasteiger partial charge in [0.1, 0.15) is 5.75 Å². The zero-order valence-electron chi connectivity index (χ0n) is 11.9. The van der Waals surface area contributed by atoms with Crippen LogP contribution in [0.25, 0.3) is 0 Å². The Kier molecular flexibility index (Phi) is 3.79. The highest BCUT2D eigenvalue weighted by Gasteiger charge is 2.25. The summed E-state index contributed by atoms with van der Waals surface area (Å²) in [6, 6.07) is 5.09. The van der Waals surface area contributed by atoms with Crippen molar-refractivity contribution < 1.29 is 14.3 Å². The third-order valence-electron chi connectivity index (χ3n) is 3.86. The van der Waals surface area contributed by atoms with Crippen LogP contribution in [0.3, 0.4) is 0 Å². The number of anilines is 2. The first kappa shape index (κ1) is 13.9. The van der Waals surface area contributed by atoms with Gasteiger partial charge in [-0.25, -0.2) is 0 Å². The Balaban J connectivity index is 1.68. The second-order valence-electron chi connectivity index (χ2n) is 5.67. The number of carbonyl (C=O) groups excluding carboxylic acids is 2. The van der Waals surface area contributed by atoms with Crippen LogP contribution in [-0.4, -0.2) is 31.0 Å². The number of hydrogen-bond acceptors (Lipinski definition) is 4. The molecule has 2 amide bonds. The number of amides is 2. The highest BCUT2D eigenvalue weighted by molar-refractivity contribution is 5.98. The molecule has 1 aromatic carbocycles. The summed E-state index contributed by atoms with van der Waals surface area (Å²) in [4.78, 5) is 23.6. The topological polar surface area (TPSA) is 79.5 Å². The van der Waals surface area contributed by atoms with Crippen molar-refractivity contribution in [1.29, 1.82) is 0 Å². The van der Waals surface area contributed by atoms with E-state index >= 15 is 0 Å². The Bertz CT molecular complexity index is 573. The molecular weight excluding hydrogens is 270 g/mol. The maximum atomic E-state index is 12.3. The molecule has 1 saturated heterocycles. The van der Waals surface area contributed by atoms with Crippen molar-refractivity contribution in [3.05, 3.63) is 18.2 Å². The summed E-state index contributed by atoms with van der Waals surface area (Å²) in [6.45, 7) is 3.06. The van der Waals surface area contributed by atoms with Gasteiger partial charge in [-0.1, -0.05) is 6.92 Å². The lowest BCUT2D eigenvalue weighted by Crippen LogP contribution is -2.45. The van der Waals surface area contributed by atoms with Crippen molar-refractivity contribution in [2.45, 2.75) is 25.8 Å². The zero-order valence-corrected chi connectivity index (χ0v) is 11.9. The monoisotopic (exact) mass is 289 g/mol. The summed E-state index contributed by atoms with van der Waals surface area (Å²) < 4.78 is 5.29.